The number of pyridine rings is 1. The van der Waals surface area contributed by atoms with Gasteiger partial charge in [0.2, 0.25) is 6.20 Å². The molecule has 1 aromatic heterocycles. The van der Waals surface area contributed by atoms with Gasteiger partial charge >= 0.3 is 5.88 Å². The minimum Gasteiger partial charge on any atom is -1.00 e. The summed E-state index contributed by atoms with van der Waals surface area (Å²) >= 11 is 0. The van der Waals surface area contributed by atoms with Gasteiger partial charge in [0.15, 0.2) is 0 Å². The molecule has 50 valence electrons. The van der Waals surface area contributed by atoms with Gasteiger partial charge in [-0.2, -0.15) is 0 Å². The average Bonchev–Trinajstić information content (AvgIpc) is 1.77. The van der Waals surface area contributed by atoms with Gasteiger partial charge in [-0.1, -0.05) is 0 Å². The number of rotatable bonds is 0. The van der Waals surface area contributed by atoms with Crippen molar-refractivity contribution in [3.63, 3.8) is 0 Å². The van der Waals surface area contributed by atoms with Gasteiger partial charge < -0.3 is 22.1 Å². The standard InChI is InChI=1S/C5H5NO2.BrH/c7-5-3-1-2-4-6(5)8;/h1-4,8H;1H. The largest absolute Gasteiger partial charge is 1.00 e. The van der Waals surface area contributed by atoms with Crippen LogP contribution in [0, 0.1) is 0 Å². The Morgan fingerprint density at radius 2 is 2.00 bits per heavy atom. The Morgan fingerprint density at radius 1 is 1.33 bits per heavy atom. The molecule has 3 nitrogen and oxygen atoms in total. The van der Waals surface area contributed by atoms with E-state index in [9.17, 15) is 0 Å². The van der Waals surface area contributed by atoms with Crippen LogP contribution in [0.3, 0.4) is 0 Å². The molecule has 0 aromatic carbocycles. The molecule has 0 aliphatic rings. The molecule has 0 spiro atoms. The molecule has 0 amide bonds. The minimum absolute atomic E-state index is 0. The first-order valence-corrected chi connectivity index (χ1v) is 2.19. The average molecular weight is 192 g/mol. The number of nitrogens with zero attached hydrogens (tertiary/aromatic N) is 1. The lowest BCUT2D eigenvalue weighted by Crippen LogP contribution is -3.00. The zero-order valence-electron chi connectivity index (χ0n) is 4.53. The predicted molar refractivity (Wildman–Crippen MR) is 25.5 cm³/mol. The number of hydrogen-bond acceptors (Lipinski definition) is 2. The van der Waals surface area contributed by atoms with Crippen LogP contribution in [-0.2, 0) is 0 Å². The summed E-state index contributed by atoms with van der Waals surface area (Å²) in [4.78, 5) is 0. The maximum Gasteiger partial charge on any atom is 0.414 e. The van der Waals surface area contributed by atoms with Crippen molar-refractivity contribution in [2.45, 2.75) is 0 Å². The first kappa shape index (κ1) is 8.23. The molecular formula is C5H6BrNO2. The van der Waals surface area contributed by atoms with Crippen LogP contribution in [0.1, 0.15) is 0 Å². The summed E-state index contributed by atoms with van der Waals surface area (Å²) in [6.45, 7) is 0. The third kappa shape index (κ3) is 1.89. The maximum absolute atomic E-state index is 8.63. The van der Waals surface area contributed by atoms with Crippen molar-refractivity contribution in [3.05, 3.63) is 24.4 Å². The molecule has 0 unspecified atom stereocenters. The molecule has 0 bridgehead atoms. The Hall–Kier alpha value is -0.770. The molecule has 0 fully saturated rings. The Morgan fingerprint density at radius 3 is 2.33 bits per heavy atom. The van der Waals surface area contributed by atoms with Gasteiger partial charge in [0.1, 0.15) is 0 Å². The quantitative estimate of drug-likeness (QED) is 0.338. The van der Waals surface area contributed by atoms with Gasteiger partial charge in [0, 0.05) is 10.8 Å². The van der Waals surface area contributed by atoms with Crippen LogP contribution in [0.25, 0.3) is 0 Å². The highest BCUT2D eigenvalue weighted by Crippen LogP contribution is 1.93. The second kappa shape index (κ2) is 3.29. The predicted octanol–water partition coefficient (Wildman–Crippen LogP) is -3.08. The molecule has 9 heavy (non-hydrogen) atoms. The van der Waals surface area contributed by atoms with Gasteiger partial charge in [0.25, 0.3) is 0 Å². The Balaban J connectivity index is 0.000000640. The number of aromatic nitrogens is 1. The summed E-state index contributed by atoms with van der Waals surface area (Å²) in [5.74, 6) is -0.160. The Labute approximate surface area is 62.9 Å². The summed E-state index contributed by atoms with van der Waals surface area (Å²) < 4.78 is 0.639. The van der Waals surface area contributed by atoms with Crippen LogP contribution in [0.2, 0.25) is 0 Å². The molecule has 0 saturated carbocycles. The zero-order valence-corrected chi connectivity index (χ0v) is 6.12. The first-order chi connectivity index (χ1) is 3.80. The lowest BCUT2D eigenvalue weighted by molar-refractivity contribution is -0.907. The SMILES string of the molecule is Oc1cccc[n+]1O.[Br-]. The summed E-state index contributed by atoms with van der Waals surface area (Å²) in [6.07, 6.45) is 1.34. The summed E-state index contributed by atoms with van der Waals surface area (Å²) in [5.41, 5.74) is 0. The Kier molecular flexibility index (Phi) is 3.01. The fourth-order valence-electron chi connectivity index (χ4n) is 0.426. The number of halogens is 1. The fourth-order valence-corrected chi connectivity index (χ4v) is 0.426. The molecule has 2 N–H and O–H groups in total. The lowest BCUT2D eigenvalue weighted by Gasteiger charge is -1.81. The minimum atomic E-state index is -0.160. The van der Waals surface area contributed by atoms with E-state index in [4.69, 9.17) is 10.3 Å². The van der Waals surface area contributed by atoms with Gasteiger partial charge in [-0.15, -0.1) is 0 Å². The van der Waals surface area contributed by atoms with Crippen molar-refractivity contribution in [1.29, 1.82) is 0 Å². The number of hydrogen-bond donors (Lipinski definition) is 2. The fraction of sp³-hybridized carbons (Fsp3) is 0. The van der Waals surface area contributed by atoms with Crippen molar-refractivity contribution in [2.75, 3.05) is 0 Å². The van der Waals surface area contributed by atoms with E-state index in [1.807, 2.05) is 0 Å². The van der Waals surface area contributed by atoms with Crippen molar-refractivity contribution in [3.8, 4) is 5.88 Å². The molecular weight excluding hydrogens is 186 g/mol. The van der Waals surface area contributed by atoms with Crippen LogP contribution in [0.5, 0.6) is 5.88 Å². The van der Waals surface area contributed by atoms with E-state index in [1.54, 1.807) is 12.1 Å². The highest BCUT2D eigenvalue weighted by molar-refractivity contribution is 4.99. The highest BCUT2D eigenvalue weighted by Gasteiger charge is 2.00. The van der Waals surface area contributed by atoms with Crippen LogP contribution < -0.4 is 21.7 Å². The van der Waals surface area contributed by atoms with Crippen LogP contribution >= 0.6 is 0 Å². The monoisotopic (exact) mass is 191 g/mol. The van der Waals surface area contributed by atoms with Crippen LogP contribution in [0.15, 0.2) is 24.4 Å². The third-order valence-electron chi connectivity index (χ3n) is 0.818. The molecule has 4 heteroatoms. The van der Waals surface area contributed by atoms with Gasteiger partial charge in [-0.25, -0.2) is 0 Å². The smallest absolute Gasteiger partial charge is 0.414 e. The van der Waals surface area contributed by atoms with Crippen molar-refractivity contribution < 1.29 is 32.0 Å². The van der Waals surface area contributed by atoms with Gasteiger partial charge in [-0.3, -0.25) is 5.21 Å². The van der Waals surface area contributed by atoms with Crippen LogP contribution in [0.4, 0.5) is 0 Å². The number of aromatic hydroxyl groups is 1. The van der Waals surface area contributed by atoms with E-state index >= 15 is 0 Å². The van der Waals surface area contributed by atoms with E-state index in [-0.39, 0.29) is 22.9 Å². The lowest BCUT2D eigenvalue weighted by atomic mass is 10.5. The topological polar surface area (TPSA) is 44.3 Å². The van der Waals surface area contributed by atoms with E-state index < -0.39 is 0 Å². The second-order valence-corrected chi connectivity index (χ2v) is 1.40. The summed E-state index contributed by atoms with van der Waals surface area (Å²) in [5, 5.41) is 17.2. The molecule has 0 saturated heterocycles. The normalized spacial score (nSPS) is 8.00. The molecule has 1 aromatic rings. The van der Waals surface area contributed by atoms with Crippen LogP contribution in [-0.4, -0.2) is 10.3 Å². The van der Waals surface area contributed by atoms with Crippen molar-refractivity contribution in [2.24, 2.45) is 0 Å². The zero-order chi connectivity index (χ0) is 5.98. The van der Waals surface area contributed by atoms with E-state index in [2.05, 4.69) is 0 Å². The molecule has 0 aliphatic carbocycles. The van der Waals surface area contributed by atoms with E-state index in [0.717, 1.165) is 0 Å². The summed E-state index contributed by atoms with van der Waals surface area (Å²) in [7, 11) is 0. The van der Waals surface area contributed by atoms with Crippen molar-refractivity contribution in [1.82, 2.24) is 0 Å². The molecule has 1 rings (SSSR count). The van der Waals surface area contributed by atoms with Crippen molar-refractivity contribution >= 4 is 0 Å². The second-order valence-electron chi connectivity index (χ2n) is 1.40. The highest BCUT2D eigenvalue weighted by atomic mass is 79.9. The summed E-state index contributed by atoms with van der Waals surface area (Å²) in [6, 6.07) is 4.63. The van der Waals surface area contributed by atoms with Gasteiger partial charge in [-0.05, 0) is 6.07 Å². The molecule has 0 aliphatic heterocycles. The molecule has 0 atom stereocenters. The third-order valence-corrected chi connectivity index (χ3v) is 0.818. The Bertz CT molecular complexity index is 171. The first-order valence-electron chi connectivity index (χ1n) is 2.19. The van der Waals surface area contributed by atoms with E-state index in [0.29, 0.717) is 4.73 Å². The maximum atomic E-state index is 8.63. The molecule has 1 heterocycles. The van der Waals surface area contributed by atoms with Gasteiger partial charge in [0.05, 0.1) is 6.07 Å². The van der Waals surface area contributed by atoms with E-state index in [1.165, 1.54) is 12.3 Å². The molecule has 0 radical (unpaired) electrons.